The Morgan fingerprint density at radius 2 is 2.43 bits per heavy atom. The van der Waals surface area contributed by atoms with E-state index in [2.05, 4.69) is 0 Å². The maximum atomic E-state index is 9.76. The first-order chi connectivity index (χ1) is 3.31. The van der Waals surface area contributed by atoms with Gasteiger partial charge in [-0.2, -0.15) is 0 Å². The predicted molar refractivity (Wildman–Crippen MR) is 30.6 cm³/mol. The number of carbonyl (C=O) groups is 1. The molecule has 0 aliphatic carbocycles. The van der Waals surface area contributed by atoms with E-state index in [0.29, 0.717) is 0 Å². The molecule has 0 aromatic carbocycles. The van der Waals surface area contributed by atoms with Gasteiger partial charge in [-0.3, -0.25) is 0 Å². The summed E-state index contributed by atoms with van der Waals surface area (Å²) in [5.41, 5.74) is 0. The van der Waals surface area contributed by atoms with Crippen molar-refractivity contribution in [2.45, 2.75) is 25.1 Å². The minimum Gasteiger partial charge on any atom is -0.302 e. The third-order valence-corrected chi connectivity index (χ3v) is 1.03. The van der Waals surface area contributed by atoms with Gasteiger partial charge in [0.1, 0.15) is 6.29 Å². The van der Waals surface area contributed by atoms with Crippen LogP contribution >= 0.6 is 11.6 Å². The Balaban J connectivity index is 2.98. The van der Waals surface area contributed by atoms with Crippen molar-refractivity contribution >= 4 is 17.9 Å². The van der Waals surface area contributed by atoms with Crippen LogP contribution in [0.4, 0.5) is 0 Å². The molecule has 0 saturated heterocycles. The smallest absolute Gasteiger partial charge is 0.137 e. The van der Waals surface area contributed by atoms with E-state index in [-0.39, 0.29) is 5.38 Å². The number of hydrogen-bond acceptors (Lipinski definition) is 1. The van der Waals surface area contributed by atoms with Gasteiger partial charge in [0.15, 0.2) is 0 Å². The molecule has 0 aliphatic rings. The summed E-state index contributed by atoms with van der Waals surface area (Å²) in [5.74, 6) is 0. The summed E-state index contributed by atoms with van der Waals surface area (Å²) in [6.07, 6.45) is 2.54. The molecule has 0 saturated carbocycles. The molecular formula is C5H9ClO. The zero-order valence-electron chi connectivity index (χ0n) is 4.36. The van der Waals surface area contributed by atoms with Gasteiger partial charge in [-0.1, -0.05) is 13.3 Å². The summed E-state index contributed by atoms with van der Waals surface area (Å²) in [6, 6.07) is 0. The van der Waals surface area contributed by atoms with Gasteiger partial charge in [0.2, 0.25) is 0 Å². The van der Waals surface area contributed by atoms with Crippen LogP contribution in [-0.4, -0.2) is 11.7 Å². The van der Waals surface area contributed by atoms with Crippen molar-refractivity contribution in [1.82, 2.24) is 0 Å². The maximum absolute atomic E-state index is 9.76. The largest absolute Gasteiger partial charge is 0.302 e. The minimum atomic E-state index is -0.259. The average molecular weight is 121 g/mol. The second kappa shape index (κ2) is 4.13. The maximum Gasteiger partial charge on any atom is 0.137 e. The van der Waals surface area contributed by atoms with E-state index >= 15 is 0 Å². The molecule has 1 nitrogen and oxygen atoms in total. The van der Waals surface area contributed by atoms with Gasteiger partial charge < -0.3 is 4.79 Å². The van der Waals surface area contributed by atoms with E-state index in [1.807, 2.05) is 6.92 Å². The average Bonchev–Trinajstić information content (AvgIpc) is 1.68. The highest BCUT2D eigenvalue weighted by molar-refractivity contribution is 6.27. The molecule has 0 N–H and O–H groups in total. The van der Waals surface area contributed by atoms with E-state index < -0.39 is 0 Å². The monoisotopic (exact) mass is 120 g/mol. The molecule has 42 valence electrons. The summed E-state index contributed by atoms with van der Waals surface area (Å²) in [7, 11) is 0. The van der Waals surface area contributed by atoms with Gasteiger partial charge in [-0.25, -0.2) is 0 Å². The van der Waals surface area contributed by atoms with Crippen LogP contribution in [0.3, 0.4) is 0 Å². The Morgan fingerprint density at radius 1 is 1.86 bits per heavy atom. The SMILES string of the molecule is CCCC(Cl)C=O. The number of carbonyl (C=O) groups excluding carboxylic acids is 1. The Kier molecular flexibility index (Phi) is 4.10. The van der Waals surface area contributed by atoms with Crippen molar-refractivity contribution in [3.05, 3.63) is 0 Å². The van der Waals surface area contributed by atoms with E-state index in [9.17, 15) is 4.79 Å². The van der Waals surface area contributed by atoms with Crippen LogP contribution in [0.25, 0.3) is 0 Å². The molecule has 0 aromatic rings. The normalized spacial score (nSPS) is 13.4. The van der Waals surface area contributed by atoms with E-state index in [4.69, 9.17) is 11.6 Å². The first kappa shape index (κ1) is 6.96. The van der Waals surface area contributed by atoms with Crippen LogP contribution in [0, 0.1) is 0 Å². The van der Waals surface area contributed by atoms with Crippen LogP contribution in [0.2, 0.25) is 0 Å². The van der Waals surface area contributed by atoms with Crippen molar-refractivity contribution in [2.75, 3.05) is 0 Å². The molecule has 0 spiro atoms. The van der Waals surface area contributed by atoms with E-state index in [1.165, 1.54) is 0 Å². The highest BCUT2D eigenvalue weighted by Crippen LogP contribution is 1.99. The molecule has 0 aliphatic heterocycles. The second-order valence-electron chi connectivity index (χ2n) is 1.44. The number of aldehydes is 1. The fourth-order valence-corrected chi connectivity index (χ4v) is 0.562. The Labute approximate surface area is 48.7 Å². The molecule has 1 atom stereocenters. The number of alkyl halides is 1. The summed E-state index contributed by atoms with van der Waals surface area (Å²) in [4.78, 5) is 9.76. The van der Waals surface area contributed by atoms with E-state index in [1.54, 1.807) is 0 Å². The van der Waals surface area contributed by atoms with Crippen molar-refractivity contribution < 1.29 is 4.79 Å². The molecule has 0 aromatic heterocycles. The molecule has 7 heavy (non-hydrogen) atoms. The first-order valence-corrected chi connectivity index (χ1v) is 2.84. The van der Waals surface area contributed by atoms with Crippen molar-refractivity contribution in [1.29, 1.82) is 0 Å². The molecule has 0 radical (unpaired) electrons. The standard InChI is InChI=1S/C5H9ClO/c1-2-3-5(6)4-7/h4-5H,2-3H2,1H3. The zero-order valence-corrected chi connectivity index (χ0v) is 5.11. The fourth-order valence-electron chi connectivity index (χ4n) is 0.344. The van der Waals surface area contributed by atoms with Gasteiger partial charge in [0.25, 0.3) is 0 Å². The Morgan fingerprint density at radius 3 is 2.57 bits per heavy atom. The molecule has 0 amide bonds. The molecule has 0 fully saturated rings. The summed E-state index contributed by atoms with van der Waals surface area (Å²) < 4.78 is 0. The molecule has 2 heteroatoms. The van der Waals surface area contributed by atoms with Gasteiger partial charge in [-0.05, 0) is 6.42 Å². The molecular weight excluding hydrogens is 112 g/mol. The topological polar surface area (TPSA) is 17.1 Å². The number of halogens is 1. The van der Waals surface area contributed by atoms with Gasteiger partial charge in [0, 0.05) is 0 Å². The molecule has 0 bridgehead atoms. The third kappa shape index (κ3) is 3.80. The first-order valence-electron chi connectivity index (χ1n) is 2.40. The fraction of sp³-hybridized carbons (Fsp3) is 0.800. The van der Waals surface area contributed by atoms with Crippen LogP contribution < -0.4 is 0 Å². The van der Waals surface area contributed by atoms with Gasteiger partial charge in [0.05, 0.1) is 5.38 Å². The van der Waals surface area contributed by atoms with Crippen LogP contribution in [0.15, 0.2) is 0 Å². The quantitative estimate of drug-likeness (QED) is 0.408. The highest BCUT2D eigenvalue weighted by atomic mass is 35.5. The minimum absolute atomic E-state index is 0.259. The Bertz CT molecular complexity index is 54.0. The lowest BCUT2D eigenvalue weighted by Crippen LogP contribution is -1.96. The molecule has 0 rings (SSSR count). The van der Waals surface area contributed by atoms with Crippen molar-refractivity contribution in [3.8, 4) is 0 Å². The van der Waals surface area contributed by atoms with E-state index in [0.717, 1.165) is 19.1 Å². The number of rotatable bonds is 3. The lowest BCUT2D eigenvalue weighted by molar-refractivity contribution is -0.107. The molecule has 0 heterocycles. The van der Waals surface area contributed by atoms with Gasteiger partial charge in [-0.15, -0.1) is 11.6 Å². The molecule has 1 unspecified atom stereocenters. The summed E-state index contributed by atoms with van der Waals surface area (Å²) in [6.45, 7) is 2.00. The summed E-state index contributed by atoms with van der Waals surface area (Å²) >= 11 is 5.40. The third-order valence-electron chi connectivity index (χ3n) is 0.712. The van der Waals surface area contributed by atoms with Crippen molar-refractivity contribution in [3.63, 3.8) is 0 Å². The van der Waals surface area contributed by atoms with Gasteiger partial charge >= 0.3 is 0 Å². The summed E-state index contributed by atoms with van der Waals surface area (Å²) in [5, 5.41) is -0.259. The van der Waals surface area contributed by atoms with Crippen molar-refractivity contribution in [2.24, 2.45) is 0 Å². The lowest BCUT2D eigenvalue weighted by Gasteiger charge is -1.92. The lowest BCUT2D eigenvalue weighted by atomic mass is 10.3. The Hall–Kier alpha value is -0.0400. The van der Waals surface area contributed by atoms with Crippen LogP contribution in [-0.2, 0) is 4.79 Å². The van der Waals surface area contributed by atoms with Crippen LogP contribution in [0.5, 0.6) is 0 Å². The zero-order chi connectivity index (χ0) is 5.70. The number of hydrogen-bond donors (Lipinski definition) is 0. The highest BCUT2D eigenvalue weighted by Gasteiger charge is 1.96. The van der Waals surface area contributed by atoms with Crippen LogP contribution in [0.1, 0.15) is 19.8 Å². The predicted octanol–water partition coefficient (Wildman–Crippen LogP) is 1.59. The second-order valence-corrected chi connectivity index (χ2v) is 2.00.